The van der Waals surface area contributed by atoms with Crippen molar-refractivity contribution in [2.24, 2.45) is 17.8 Å². The highest BCUT2D eigenvalue weighted by Crippen LogP contribution is 2.48. The number of pyridine rings is 1. The van der Waals surface area contributed by atoms with Gasteiger partial charge in [0, 0.05) is 25.1 Å². The molecule has 0 unspecified atom stereocenters. The third kappa shape index (κ3) is 6.78. The van der Waals surface area contributed by atoms with Gasteiger partial charge in [0.05, 0.1) is 12.2 Å². The van der Waals surface area contributed by atoms with E-state index in [1.54, 1.807) is 5.57 Å². The number of nitrogens with zero attached hydrogens (tertiary/aromatic N) is 1. The van der Waals surface area contributed by atoms with Crippen molar-refractivity contribution in [3.8, 4) is 0 Å². The molecule has 2 aliphatic carbocycles. The van der Waals surface area contributed by atoms with Crippen molar-refractivity contribution in [2.75, 3.05) is 11.9 Å². The fourth-order valence-electron chi connectivity index (χ4n) is 5.53. The standard InChI is InChI=1S/C29H38N2O2/c1-21-8-7-10-22(16-21)18-25(32)12-13-26-27-19-23(17-24(27)20-28(26)33)9-3-2-5-14-30-29-11-4-6-15-31-29/h4,6-8,10-13,15-17,24-28,32-33H,2-3,5,9,14,18-20H2,1H3,(H,30,31)/b13-12+/t24-,25+,26+,27-,28+/m0/s1. The minimum absolute atomic E-state index is 0.151. The maximum atomic E-state index is 10.6. The predicted octanol–water partition coefficient (Wildman–Crippen LogP) is 5.47. The Hall–Kier alpha value is -2.43. The molecule has 4 nitrogen and oxygen atoms in total. The highest BCUT2D eigenvalue weighted by molar-refractivity contribution is 5.32. The van der Waals surface area contributed by atoms with Crippen LogP contribution in [0.25, 0.3) is 0 Å². The SMILES string of the molecule is Cc1cccc(C[C@H](O)/C=C/[C@@H]2[C@H]3CC(CCCCCNc4ccccn4)=C[C@H]3C[C@H]2O)c1. The van der Waals surface area contributed by atoms with Crippen molar-refractivity contribution in [1.82, 2.24) is 4.98 Å². The molecule has 0 radical (unpaired) electrons. The molecule has 33 heavy (non-hydrogen) atoms. The van der Waals surface area contributed by atoms with E-state index in [9.17, 15) is 10.2 Å². The summed E-state index contributed by atoms with van der Waals surface area (Å²) in [4.78, 5) is 4.29. The van der Waals surface area contributed by atoms with Crippen LogP contribution < -0.4 is 5.32 Å². The first kappa shape index (κ1) is 23.7. The molecule has 3 N–H and O–H groups in total. The van der Waals surface area contributed by atoms with Crippen LogP contribution in [0.2, 0.25) is 0 Å². The first-order valence-electron chi connectivity index (χ1n) is 12.5. The van der Waals surface area contributed by atoms with E-state index in [0.29, 0.717) is 18.3 Å². The highest BCUT2D eigenvalue weighted by Gasteiger charge is 2.43. The predicted molar refractivity (Wildman–Crippen MR) is 135 cm³/mol. The van der Waals surface area contributed by atoms with Crippen LogP contribution in [0.3, 0.4) is 0 Å². The lowest BCUT2D eigenvalue weighted by atomic mass is 9.88. The molecule has 4 heteroatoms. The Balaban J connectivity index is 1.18. The van der Waals surface area contributed by atoms with E-state index in [4.69, 9.17) is 0 Å². The van der Waals surface area contributed by atoms with Crippen molar-refractivity contribution >= 4 is 5.82 Å². The van der Waals surface area contributed by atoms with Gasteiger partial charge in [-0.2, -0.15) is 0 Å². The molecule has 0 spiro atoms. The summed E-state index contributed by atoms with van der Waals surface area (Å²) in [6.45, 7) is 3.04. The van der Waals surface area contributed by atoms with Gasteiger partial charge in [0.25, 0.3) is 0 Å². The number of allylic oxidation sites excluding steroid dienone is 2. The molecular formula is C29H38N2O2. The number of hydrogen-bond acceptors (Lipinski definition) is 4. The Morgan fingerprint density at radius 1 is 1.15 bits per heavy atom. The number of aliphatic hydroxyl groups excluding tert-OH is 2. The molecule has 5 atom stereocenters. The molecule has 0 saturated heterocycles. The zero-order valence-corrected chi connectivity index (χ0v) is 19.7. The van der Waals surface area contributed by atoms with Crippen molar-refractivity contribution in [3.05, 3.63) is 83.6 Å². The number of fused-ring (bicyclic) bond motifs is 1. The molecule has 176 valence electrons. The first-order valence-corrected chi connectivity index (χ1v) is 12.5. The van der Waals surface area contributed by atoms with Crippen LogP contribution in [-0.2, 0) is 6.42 Å². The van der Waals surface area contributed by atoms with Crippen LogP contribution in [-0.4, -0.2) is 33.9 Å². The lowest BCUT2D eigenvalue weighted by Crippen LogP contribution is -2.18. The number of aromatic nitrogens is 1. The minimum atomic E-state index is -0.508. The number of unbranched alkanes of at least 4 members (excludes halogenated alkanes) is 2. The third-order valence-corrected chi connectivity index (χ3v) is 7.18. The van der Waals surface area contributed by atoms with Gasteiger partial charge in [0.1, 0.15) is 5.82 Å². The first-order chi connectivity index (χ1) is 16.1. The summed E-state index contributed by atoms with van der Waals surface area (Å²) >= 11 is 0. The number of hydrogen-bond donors (Lipinski definition) is 3. The van der Waals surface area contributed by atoms with Gasteiger partial charge in [-0.3, -0.25) is 0 Å². The van der Waals surface area contributed by atoms with Crippen molar-refractivity contribution in [2.45, 2.75) is 64.1 Å². The second-order valence-corrected chi connectivity index (χ2v) is 9.83. The highest BCUT2D eigenvalue weighted by atomic mass is 16.3. The van der Waals surface area contributed by atoms with E-state index in [1.807, 2.05) is 36.5 Å². The topological polar surface area (TPSA) is 65.4 Å². The van der Waals surface area contributed by atoms with Crippen molar-refractivity contribution < 1.29 is 10.2 Å². The summed E-state index contributed by atoms with van der Waals surface area (Å²) in [7, 11) is 0. The van der Waals surface area contributed by atoms with E-state index < -0.39 is 6.10 Å². The summed E-state index contributed by atoms with van der Waals surface area (Å²) in [5.74, 6) is 2.08. The Bertz CT molecular complexity index is 940. The fraction of sp³-hybridized carbons (Fsp3) is 0.483. The molecule has 0 amide bonds. The van der Waals surface area contributed by atoms with Crippen LogP contribution in [0, 0.1) is 24.7 Å². The molecule has 0 aliphatic heterocycles. The second-order valence-electron chi connectivity index (χ2n) is 9.83. The Kier molecular flexibility index (Phi) is 8.35. The average molecular weight is 447 g/mol. The lowest BCUT2D eigenvalue weighted by molar-refractivity contribution is 0.140. The Morgan fingerprint density at radius 2 is 2.06 bits per heavy atom. The molecule has 1 aromatic heterocycles. The van der Waals surface area contributed by atoms with Gasteiger partial charge in [0.15, 0.2) is 0 Å². The third-order valence-electron chi connectivity index (χ3n) is 7.18. The van der Waals surface area contributed by atoms with E-state index in [1.165, 1.54) is 24.8 Å². The quantitative estimate of drug-likeness (QED) is 0.316. The summed E-state index contributed by atoms with van der Waals surface area (Å²) in [5, 5.41) is 24.5. The smallest absolute Gasteiger partial charge is 0.125 e. The van der Waals surface area contributed by atoms with E-state index in [-0.39, 0.29) is 12.0 Å². The van der Waals surface area contributed by atoms with E-state index in [0.717, 1.165) is 37.2 Å². The van der Waals surface area contributed by atoms with Gasteiger partial charge in [0.2, 0.25) is 0 Å². The van der Waals surface area contributed by atoms with Crippen molar-refractivity contribution in [1.29, 1.82) is 0 Å². The van der Waals surface area contributed by atoms with Crippen LogP contribution in [0.15, 0.2) is 72.5 Å². The summed E-state index contributed by atoms with van der Waals surface area (Å²) < 4.78 is 0. The zero-order valence-electron chi connectivity index (χ0n) is 19.7. The lowest BCUT2D eigenvalue weighted by Gasteiger charge is -2.19. The van der Waals surface area contributed by atoms with Gasteiger partial charge in [-0.25, -0.2) is 4.98 Å². The van der Waals surface area contributed by atoms with Crippen LogP contribution >= 0.6 is 0 Å². The molecular weight excluding hydrogens is 408 g/mol. The summed E-state index contributed by atoms with van der Waals surface area (Å²) in [5.41, 5.74) is 3.93. The number of rotatable bonds is 11. The second kappa shape index (κ2) is 11.6. The number of benzene rings is 1. The average Bonchev–Trinajstić information content (AvgIpc) is 3.31. The van der Waals surface area contributed by atoms with Crippen LogP contribution in [0.4, 0.5) is 5.82 Å². The maximum absolute atomic E-state index is 10.6. The fourth-order valence-corrected chi connectivity index (χ4v) is 5.53. The van der Waals surface area contributed by atoms with Gasteiger partial charge in [-0.1, -0.05) is 66.1 Å². The van der Waals surface area contributed by atoms with Gasteiger partial charge in [-0.05, 0) is 68.6 Å². The Morgan fingerprint density at radius 3 is 2.88 bits per heavy atom. The monoisotopic (exact) mass is 446 g/mol. The van der Waals surface area contributed by atoms with Gasteiger partial charge >= 0.3 is 0 Å². The molecule has 1 aromatic carbocycles. The van der Waals surface area contributed by atoms with Crippen LogP contribution in [0.1, 0.15) is 49.7 Å². The van der Waals surface area contributed by atoms with E-state index in [2.05, 4.69) is 47.6 Å². The maximum Gasteiger partial charge on any atom is 0.125 e. The zero-order chi connectivity index (χ0) is 23.0. The largest absolute Gasteiger partial charge is 0.392 e. The number of anilines is 1. The molecule has 2 aliphatic rings. The van der Waals surface area contributed by atoms with Gasteiger partial charge < -0.3 is 15.5 Å². The minimum Gasteiger partial charge on any atom is -0.392 e. The van der Waals surface area contributed by atoms with E-state index >= 15 is 0 Å². The molecule has 1 saturated carbocycles. The van der Waals surface area contributed by atoms with Gasteiger partial charge in [-0.15, -0.1) is 0 Å². The molecule has 2 aromatic rings. The Labute approximate surface area is 198 Å². The molecule has 4 rings (SSSR count). The normalized spacial score (nSPS) is 25.2. The number of nitrogens with one attached hydrogen (secondary N) is 1. The summed E-state index contributed by atoms with van der Waals surface area (Å²) in [6.07, 6.45) is 14.8. The molecule has 0 bridgehead atoms. The number of aryl methyl sites for hydroxylation is 1. The van der Waals surface area contributed by atoms with Crippen LogP contribution in [0.5, 0.6) is 0 Å². The number of aliphatic hydroxyl groups is 2. The summed E-state index contributed by atoms with van der Waals surface area (Å²) in [6, 6.07) is 14.2. The van der Waals surface area contributed by atoms with Crippen molar-refractivity contribution in [3.63, 3.8) is 0 Å². The molecule has 1 heterocycles. The molecule has 1 fully saturated rings.